The lowest BCUT2D eigenvalue weighted by Crippen LogP contribution is -2.47. The molecule has 5 nitrogen and oxygen atoms in total. The smallest absolute Gasteiger partial charge is 0.227 e. The third-order valence-corrected chi connectivity index (χ3v) is 5.86. The van der Waals surface area contributed by atoms with Crippen molar-refractivity contribution in [1.82, 2.24) is 19.8 Å². The van der Waals surface area contributed by atoms with Crippen molar-refractivity contribution in [2.75, 3.05) is 50.0 Å². The standard InChI is InChI=1S/C20H25Cl2N5/c21-7-9-25-10-12-27(13-11-25)20-23-18-6-8-26(15-17(18)19(22)24-20)14-16-4-2-1-3-5-16/h1-5H,6-15H2. The summed E-state index contributed by atoms with van der Waals surface area (Å²) in [5, 5.41) is 0.607. The van der Waals surface area contributed by atoms with E-state index < -0.39 is 0 Å². The monoisotopic (exact) mass is 405 g/mol. The molecule has 2 aliphatic rings. The predicted octanol–water partition coefficient (Wildman–Crippen LogP) is 3.05. The van der Waals surface area contributed by atoms with Crippen LogP contribution in [0.25, 0.3) is 0 Å². The predicted molar refractivity (Wildman–Crippen MR) is 111 cm³/mol. The first kappa shape index (κ1) is 18.9. The summed E-state index contributed by atoms with van der Waals surface area (Å²) in [6.07, 6.45) is 0.920. The van der Waals surface area contributed by atoms with Crippen molar-refractivity contribution in [2.24, 2.45) is 0 Å². The Labute approximate surface area is 170 Å². The van der Waals surface area contributed by atoms with Crippen molar-refractivity contribution in [3.63, 3.8) is 0 Å². The van der Waals surface area contributed by atoms with Crippen LogP contribution >= 0.6 is 23.2 Å². The highest BCUT2D eigenvalue weighted by molar-refractivity contribution is 6.30. The SMILES string of the molecule is ClCCN1CCN(c2nc(Cl)c3c(n2)CCN(Cc2ccccc2)C3)CC1. The maximum atomic E-state index is 6.58. The summed E-state index contributed by atoms with van der Waals surface area (Å²) in [7, 11) is 0. The van der Waals surface area contributed by atoms with Gasteiger partial charge in [0.1, 0.15) is 5.15 Å². The number of aromatic nitrogens is 2. The molecule has 0 radical (unpaired) electrons. The zero-order valence-corrected chi connectivity index (χ0v) is 17.0. The highest BCUT2D eigenvalue weighted by Crippen LogP contribution is 2.27. The van der Waals surface area contributed by atoms with Gasteiger partial charge in [-0.05, 0) is 5.56 Å². The van der Waals surface area contributed by atoms with Crippen LogP contribution < -0.4 is 4.90 Å². The van der Waals surface area contributed by atoms with E-state index in [1.54, 1.807) is 0 Å². The Hall–Kier alpha value is -1.40. The Morgan fingerprint density at radius 2 is 1.70 bits per heavy atom. The molecule has 27 heavy (non-hydrogen) atoms. The van der Waals surface area contributed by atoms with E-state index in [0.717, 1.165) is 76.0 Å². The quantitative estimate of drug-likeness (QED) is 0.564. The van der Waals surface area contributed by atoms with Gasteiger partial charge >= 0.3 is 0 Å². The van der Waals surface area contributed by atoms with Crippen molar-refractivity contribution in [3.8, 4) is 0 Å². The number of rotatable bonds is 5. The first-order chi connectivity index (χ1) is 13.2. The first-order valence-corrected chi connectivity index (χ1v) is 10.5. The first-order valence-electron chi connectivity index (χ1n) is 9.58. The third kappa shape index (κ3) is 4.54. The van der Waals surface area contributed by atoms with E-state index in [-0.39, 0.29) is 0 Å². The van der Waals surface area contributed by atoms with E-state index in [2.05, 4.69) is 50.0 Å². The second-order valence-electron chi connectivity index (χ2n) is 7.20. The Kier molecular flexibility index (Phi) is 6.13. The fraction of sp³-hybridized carbons (Fsp3) is 0.500. The van der Waals surface area contributed by atoms with E-state index in [1.165, 1.54) is 5.56 Å². The molecule has 0 saturated carbocycles. The van der Waals surface area contributed by atoms with Crippen LogP contribution in [0.2, 0.25) is 5.15 Å². The fourth-order valence-electron chi connectivity index (χ4n) is 3.83. The third-order valence-electron chi connectivity index (χ3n) is 5.38. The molecule has 0 amide bonds. The van der Waals surface area contributed by atoms with E-state index in [9.17, 15) is 0 Å². The molecule has 2 aliphatic heterocycles. The van der Waals surface area contributed by atoms with Crippen LogP contribution in [0.15, 0.2) is 30.3 Å². The maximum Gasteiger partial charge on any atom is 0.227 e. The van der Waals surface area contributed by atoms with Crippen LogP contribution in [-0.4, -0.2) is 64.9 Å². The highest BCUT2D eigenvalue weighted by Gasteiger charge is 2.25. The molecule has 144 valence electrons. The lowest BCUT2D eigenvalue weighted by molar-refractivity contribution is 0.242. The zero-order chi connectivity index (χ0) is 18.6. The van der Waals surface area contributed by atoms with Gasteiger partial charge in [0.2, 0.25) is 5.95 Å². The lowest BCUT2D eigenvalue weighted by Gasteiger charge is -2.35. The summed E-state index contributed by atoms with van der Waals surface area (Å²) < 4.78 is 0. The maximum absolute atomic E-state index is 6.58. The molecule has 2 aromatic rings. The zero-order valence-electron chi connectivity index (χ0n) is 15.4. The number of benzene rings is 1. The van der Waals surface area contributed by atoms with Gasteiger partial charge in [-0.15, -0.1) is 11.6 Å². The van der Waals surface area contributed by atoms with Crippen LogP contribution in [0.3, 0.4) is 0 Å². The van der Waals surface area contributed by atoms with Gasteiger partial charge in [0.05, 0.1) is 5.69 Å². The molecule has 0 bridgehead atoms. The minimum absolute atomic E-state index is 0.607. The number of halogens is 2. The molecule has 0 spiro atoms. The molecule has 0 atom stereocenters. The molecule has 7 heteroatoms. The second kappa shape index (κ2) is 8.74. The van der Waals surface area contributed by atoms with E-state index >= 15 is 0 Å². The molecule has 1 fully saturated rings. The molecular formula is C20H25Cl2N5. The Morgan fingerprint density at radius 3 is 2.44 bits per heavy atom. The lowest BCUT2D eigenvalue weighted by atomic mass is 10.1. The van der Waals surface area contributed by atoms with Crippen molar-refractivity contribution in [1.29, 1.82) is 0 Å². The summed E-state index contributed by atoms with van der Waals surface area (Å²) in [6, 6.07) is 10.6. The number of piperazine rings is 1. The largest absolute Gasteiger partial charge is 0.338 e. The molecule has 1 aromatic heterocycles. The molecule has 0 N–H and O–H groups in total. The fourth-order valence-corrected chi connectivity index (χ4v) is 4.31. The molecule has 3 heterocycles. The van der Waals surface area contributed by atoms with E-state index in [0.29, 0.717) is 11.0 Å². The Bertz CT molecular complexity index is 762. The van der Waals surface area contributed by atoms with E-state index in [1.807, 2.05) is 0 Å². The Balaban J connectivity index is 1.44. The number of nitrogens with zero attached hydrogens (tertiary/aromatic N) is 5. The normalized spacial score (nSPS) is 18.5. The minimum atomic E-state index is 0.607. The van der Waals surface area contributed by atoms with Crippen molar-refractivity contribution >= 4 is 29.2 Å². The van der Waals surface area contributed by atoms with Gasteiger partial charge in [-0.25, -0.2) is 9.97 Å². The highest BCUT2D eigenvalue weighted by atomic mass is 35.5. The second-order valence-corrected chi connectivity index (χ2v) is 7.94. The van der Waals surface area contributed by atoms with Crippen molar-refractivity contribution in [3.05, 3.63) is 52.3 Å². The topological polar surface area (TPSA) is 35.5 Å². The number of hydrogen-bond donors (Lipinski definition) is 0. The molecule has 0 aliphatic carbocycles. The number of hydrogen-bond acceptors (Lipinski definition) is 5. The van der Waals surface area contributed by atoms with Gasteiger partial charge < -0.3 is 4.90 Å². The Morgan fingerprint density at radius 1 is 0.926 bits per heavy atom. The van der Waals surface area contributed by atoms with Crippen LogP contribution in [0.4, 0.5) is 5.95 Å². The average Bonchev–Trinajstić information content (AvgIpc) is 2.70. The summed E-state index contributed by atoms with van der Waals surface area (Å²) in [5.41, 5.74) is 3.52. The molecular weight excluding hydrogens is 381 g/mol. The summed E-state index contributed by atoms with van der Waals surface area (Å²) in [6.45, 7) is 7.52. The number of alkyl halides is 1. The molecule has 0 unspecified atom stereocenters. The van der Waals surface area contributed by atoms with E-state index in [4.69, 9.17) is 28.2 Å². The van der Waals surface area contributed by atoms with Gasteiger partial charge in [-0.1, -0.05) is 41.9 Å². The van der Waals surface area contributed by atoms with Crippen LogP contribution in [0.1, 0.15) is 16.8 Å². The number of fused-ring (bicyclic) bond motifs is 1. The van der Waals surface area contributed by atoms with Crippen LogP contribution in [0.5, 0.6) is 0 Å². The van der Waals surface area contributed by atoms with Crippen LogP contribution in [-0.2, 0) is 19.5 Å². The molecule has 4 rings (SSSR count). The van der Waals surface area contributed by atoms with Gasteiger partial charge in [-0.3, -0.25) is 9.80 Å². The van der Waals surface area contributed by atoms with Gasteiger partial charge in [-0.2, -0.15) is 0 Å². The summed E-state index contributed by atoms with van der Waals surface area (Å²) in [5.74, 6) is 1.46. The molecule has 1 aromatic carbocycles. The van der Waals surface area contributed by atoms with Gasteiger partial charge in [0.25, 0.3) is 0 Å². The van der Waals surface area contributed by atoms with Crippen molar-refractivity contribution in [2.45, 2.75) is 19.5 Å². The summed E-state index contributed by atoms with van der Waals surface area (Å²) in [4.78, 5) is 16.5. The van der Waals surface area contributed by atoms with Crippen molar-refractivity contribution < 1.29 is 0 Å². The average molecular weight is 406 g/mol. The molecule has 1 saturated heterocycles. The van der Waals surface area contributed by atoms with Gasteiger partial charge in [0, 0.05) is 70.2 Å². The minimum Gasteiger partial charge on any atom is -0.338 e. The number of anilines is 1. The van der Waals surface area contributed by atoms with Gasteiger partial charge in [0.15, 0.2) is 0 Å². The summed E-state index contributed by atoms with van der Waals surface area (Å²) >= 11 is 12.4. The van der Waals surface area contributed by atoms with Crippen LogP contribution in [0, 0.1) is 0 Å².